The van der Waals surface area contributed by atoms with Gasteiger partial charge in [-0.05, 0) is 120 Å². The first kappa shape index (κ1) is 25.9. The number of ether oxygens (including phenoxy) is 2. The second kappa shape index (κ2) is 9.66. The monoisotopic (exact) mass is 727 g/mol. The normalized spacial score (nSPS) is 31.6. The van der Waals surface area contributed by atoms with E-state index in [-0.39, 0.29) is 17.3 Å². The van der Waals surface area contributed by atoms with Crippen molar-refractivity contribution in [1.82, 2.24) is 5.32 Å². The lowest BCUT2D eigenvalue weighted by Gasteiger charge is -2.60. The second-order valence-corrected chi connectivity index (χ2v) is 14.0. The van der Waals surface area contributed by atoms with E-state index >= 15 is 0 Å². The summed E-state index contributed by atoms with van der Waals surface area (Å²) in [5.41, 5.74) is -0.688. The molecule has 2 aromatic carbocycles. The zero-order chi connectivity index (χ0) is 25.8. The molecule has 2 aromatic rings. The molecule has 1 saturated heterocycles. The standard InChI is InChI=1S/C29H31I2NO5/c30-21-11-22(24(33)23(31)12-21)25(34)36-28-15-18-10-19(16-28)14-27(13-18,17-28)26(35)37-29(6-8-32-9-7-29)20-4-2-1-3-5-20/h1-5,11-12,18-19,32-33H,6-10,13-17H2. The van der Waals surface area contributed by atoms with Gasteiger partial charge in [-0.15, -0.1) is 0 Å². The Bertz CT molecular complexity index is 1210. The maximum atomic E-state index is 14.2. The quantitative estimate of drug-likeness (QED) is 0.294. The van der Waals surface area contributed by atoms with Crippen LogP contribution in [0.3, 0.4) is 0 Å². The van der Waals surface area contributed by atoms with E-state index in [2.05, 4.69) is 40.0 Å². The van der Waals surface area contributed by atoms with Crippen molar-refractivity contribution < 1.29 is 24.2 Å². The Balaban J connectivity index is 1.28. The molecule has 4 saturated carbocycles. The lowest BCUT2D eigenvalue weighted by atomic mass is 9.48. The lowest BCUT2D eigenvalue weighted by Crippen LogP contribution is -2.60. The maximum absolute atomic E-state index is 14.2. The third kappa shape index (κ3) is 4.68. The van der Waals surface area contributed by atoms with Crippen molar-refractivity contribution >= 4 is 57.1 Å². The smallest absolute Gasteiger partial charge is 0.342 e. The molecule has 2 unspecified atom stereocenters. The van der Waals surface area contributed by atoms with Crippen LogP contribution in [0.25, 0.3) is 0 Å². The van der Waals surface area contributed by atoms with Gasteiger partial charge in [0.15, 0.2) is 0 Å². The first-order valence-electron chi connectivity index (χ1n) is 13.1. The minimum Gasteiger partial charge on any atom is -0.506 e. The van der Waals surface area contributed by atoms with Crippen molar-refractivity contribution in [2.75, 3.05) is 13.1 Å². The van der Waals surface area contributed by atoms with E-state index in [9.17, 15) is 14.7 Å². The highest BCUT2D eigenvalue weighted by molar-refractivity contribution is 14.1. The molecule has 0 amide bonds. The van der Waals surface area contributed by atoms with Crippen molar-refractivity contribution in [2.24, 2.45) is 17.3 Å². The Morgan fingerprint density at radius 2 is 1.62 bits per heavy atom. The minimum atomic E-state index is -0.687. The van der Waals surface area contributed by atoms with Gasteiger partial charge < -0.3 is 19.9 Å². The highest BCUT2D eigenvalue weighted by atomic mass is 127. The van der Waals surface area contributed by atoms with Crippen LogP contribution in [0.1, 0.15) is 67.3 Å². The predicted octanol–water partition coefficient (Wildman–Crippen LogP) is 5.92. The van der Waals surface area contributed by atoms with Gasteiger partial charge in [-0.25, -0.2) is 4.79 Å². The molecule has 1 aliphatic heterocycles. The summed E-state index contributed by atoms with van der Waals surface area (Å²) in [6.45, 7) is 1.61. The number of phenolic OH excluding ortho intramolecular Hbond substituents is 1. The van der Waals surface area contributed by atoms with E-state index < -0.39 is 22.6 Å². The molecule has 2 atom stereocenters. The van der Waals surface area contributed by atoms with Gasteiger partial charge in [0.05, 0.1) is 8.99 Å². The molecule has 6 nitrogen and oxygen atoms in total. The number of carbonyl (C=O) groups excluding carboxylic acids is 2. The summed E-state index contributed by atoms with van der Waals surface area (Å²) in [7, 11) is 0. The molecule has 5 fully saturated rings. The minimum absolute atomic E-state index is 0.0411. The number of esters is 2. The van der Waals surface area contributed by atoms with Crippen LogP contribution in [0.5, 0.6) is 5.75 Å². The second-order valence-electron chi connectivity index (χ2n) is 11.6. The van der Waals surface area contributed by atoms with Crippen molar-refractivity contribution in [1.29, 1.82) is 0 Å². The third-order valence-corrected chi connectivity index (χ3v) is 10.4. The van der Waals surface area contributed by atoms with Gasteiger partial charge in [-0.3, -0.25) is 4.79 Å². The van der Waals surface area contributed by atoms with Crippen LogP contribution in [0, 0.1) is 24.4 Å². The van der Waals surface area contributed by atoms with Crippen molar-refractivity contribution in [3.8, 4) is 5.75 Å². The molecule has 37 heavy (non-hydrogen) atoms. The van der Waals surface area contributed by atoms with Crippen molar-refractivity contribution in [3.63, 3.8) is 0 Å². The highest BCUT2D eigenvalue weighted by Crippen LogP contribution is 2.64. The van der Waals surface area contributed by atoms with Crippen LogP contribution in [0.2, 0.25) is 0 Å². The summed E-state index contributed by atoms with van der Waals surface area (Å²) < 4.78 is 14.3. The average Bonchev–Trinajstić information content (AvgIpc) is 2.86. The molecular formula is C29H31I2NO5. The van der Waals surface area contributed by atoms with Crippen molar-refractivity contribution in [3.05, 3.63) is 60.7 Å². The summed E-state index contributed by atoms with van der Waals surface area (Å²) in [5, 5.41) is 14.0. The molecule has 7 rings (SSSR count). The van der Waals surface area contributed by atoms with Crippen LogP contribution >= 0.6 is 45.2 Å². The fourth-order valence-electron chi connectivity index (χ4n) is 7.82. The molecule has 0 aromatic heterocycles. The third-order valence-electron chi connectivity index (χ3n) is 9.00. The molecule has 0 radical (unpaired) electrons. The number of aromatic hydroxyl groups is 1. The van der Waals surface area contributed by atoms with Crippen LogP contribution in [-0.4, -0.2) is 35.7 Å². The summed E-state index contributed by atoms with van der Waals surface area (Å²) >= 11 is 4.18. The Morgan fingerprint density at radius 1 is 0.946 bits per heavy atom. The van der Waals surface area contributed by atoms with Gasteiger partial charge in [0.1, 0.15) is 22.5 Å². The maximum Gasteiger partial charge on any atom is 0.342 e. The van der Waals surface area contributed by atoms with Gasteiger partial charge >= 0.3 is 11.9 Å². The Morgan fingerprint density at radius 3 is 2.30 bits per heavy atom. The molecule has 5 aliphatic rings. The number of benzene rings is 2. The molecule has 8 heteroatoms. The zero-order valence-electron chi connectivity index (χ0n) is 20.6. The number of nitrogens with one attached hydrogen (secondary N) is 1. The molecule has 2 N–H and O–H groups in total. The fraction of sp³-hybridized carbons (Fsp3) is 0.517. The molecule has 0 spiro atoms. The van der Waals surface area contributed by atoms with Crippen molar-refractivity contribution in [2.45, 2.75) is 62.6 Å². The van der Waals surface area contributed by atoms with Gasteiger partial charge in [-0.2, -0.15) is 0 Å². The van der Waals surface area contributed by atoms with Gasteiger partial charge in [-0.1, -0.05) is 30.3 Å². The number of halogens is 2. The van der Waals surface area contributed by atoms with E-state index in [1.54, 1.807) is 6.07 Å². The van der Waals surface area contributed by atoms with Crippen LogP contribution in [0.15, 0.2) is 42.5 Å². The molecule has 1 heterocycles. The number of rotatable bonds is 5. The van der Waals surface area contributed by atoms with Gasteiger partial charge in [0, 0.05) is 22.8 Å². The number of phenols is 1. The number of hydrogen-bond acceptors (Lipinski definition) is 6. The number of piperidine rings is 1. The molecular weight excluding hydrogens is 696 g/mol. The van der Waals surface area contributed by atoms with Crippen LogP contribution < -0.4 is 5.32 Å². The topological polar surface area (TPSA) is 84.9 Å². The van der Waals surface area contributed by atoms with E-state index in [0.29, 0.717) is 21.8 Å². The Kier molecular flexibility index (Phi) is 6.75. The lowest BCUT2D eigenvalue weighted by molar-refractivity contribution is -0.210. The first-order valence-corrected chi connectivity index (χ1v) is 15.3. The average molecular weight is 727 g/mol. The van der Waals surface area contributed by atoms with E-state index in [0.717, 1.165) is 67.2 Å². The van der Waals surface area contributed by atoms with E-state index in [4.69, 9.17) is 9.47 Å². The highest BCUT2D eigenvalue weighted by Gasteiger charge is 2.64. The Labute approximate surface area is 244 Å². The summed E-state index contributed by atoms with van der Waals surface area (Å²) in [6.07, 6.45) is 6.23. The zero-order valence-corrected chi connectivity index (χ0v) is 24.9. The largest absolute Gasteiger partial charge is 0.506 e. The SMILES string of the molecule is O=C(OC12CC3CC(C1)CC(C(=O)OC1(c4ccccc4)CCNCC1)(C3)C2)c1cc(I)cc(I)c1O. The first-order chi connectivity index (χ1) is 17.7. The Hall–Kier alpha value is -1.40. The molecule has 196 valence electrons. The summed E-state index contributed by atoms with van der Waals surface area (Å²) in [6, 6.07) is 13.6. The fourth-order valence-corrected chi connectivity index (χ4v) is 9.66. The van der Waals surface area contributed by atoms with Crippen LogP contribution in [-0.2, 0) is 19.9 Å². The predicted molar refractivity (Wildman–Crippen MR) is 155 cm³/mol. The van der Waals surface area contributed by atoms with Gasteiger partial charge in [0.2, 0.25) is 0 Å². The van der Waals surface area contributed by atoms with E-state index in [1.165, 1.54) is 0 Å². The van der Waals surface area contributed by atoms with Gasteiger partial charge in [0.25, 0.3) is 0 Å². The van der Waals surface area contributed by atoms with E-state index in [1.807, 2.05) is 46.9 Å². The summed E-state index contributed by atoms with van der Waals surface area (Å²) in [4.78, 5) is 27.5. The number of carbonyl (C=O) groups is 2. The molecule has 4 bridgehead atoms. The summed E-state index contributed by atoms with van der Waals surface area (Å²) in [5.74, 6) is 0.0115. The molecule has 4 aliphatic carbocycles. The number of hydrogen-bond donors (Lipinski definition) is 2. The van der Waals surface area contributed by atoms with Crippen LogP contribution in [0.4, 0.5) is 0 Å².